The molecule has 0 amide bonds. The van der Waals surface area contributed by atoms with Crippen molar-refractivity contribution in [3.05, 3.63) is 83.0 Å². The molecule has 152 valence electrons. The number of hydrogen-bond donors (Lipinski definition) is 3. The summed E-state index contributed by atoms with van der Waals surface area (Å²) < 4.78 is 19.0. The van der Waals surface area contributed by atoms with Crippen molar-refractivity contribution in [3.63, 3.8) is 0 Å². The Bertz CT molecular complexity index is 1210. The van der Waals surface area contributed by atoms with E-state index in [-0.39, 0.29) is 12.4 Å². The zero-order valence-electron chi connectivity index (χ0n) is 15.9. The van der Waals surface area contributed by atoms with Gasteiger partial charge in [-0.2, -0.15) is 0 Å². The van der Waals surface area contributed by atoms with Crippen molar-refractivity contribution in [1.82, 2.24) is 15.0 Å². The van der Waals surface area contributed by atoms with Gasteiger partial charge in [-0.25, -0.2) is 14.4 Å². The minimum Gasteiger partial charge on any atom is -0.487 e. The maximum Gasteiger partial charge on any atom is 0.158 e. The van der Waals surface area contributed by atoms with E-state index >= 15 is 0 Å². The predicted octanol–water partition coefficient (Wildman–Crippen LogP) is 5.04. The Morgan fingerprint density at radius 3 is 2.87 bits per heavy atom. The van der Waals surface area contributed by atoms with Crippen LogP contribution in [0.4, 0.5) is 15.9 Å². The zero-order chi connectivity index (χ0) is 20.9. The number of ether oxygens (including phenoxy) is 1. The number of hydrogen-bond acceptors (Lipinski definition) is 5. The van der Waals surface area contributed by atoms with Crippen LogP contribution < -0.4 is 15.8 Å². The van der Waals surface area contributed by atoms with Gasteiger partial charge in [-0.05, 0) is 48.0 Å². The molecule has 2 heterocycles. The lowest BCUT2D eigenvalue weighted by Gasteiger charge is -2.11. The SMILES string of the molecule is NC/C=C/c1cc2ncnc(Nc3ccc(OCc4cccc(F)c4)c(Cl)c3)c2[nH]1. The molecule has 30 heavy (non-hydrogen) atoms. The highest BCUT2D eigenvalue weighted by molar-refractivity contribution is 6.32. The number of rotatable bonds is 7. The molecule has 8 heteroatoms. The van der Waals surface area contributed by atoms with Gasteiger partial charge in [-0.3, -0.25) is 0 Å². The number of halogens is 2. The number of nitrogens with one attached hydrogen (secondary N) is 2. The highest BCUT2D eigenvalue weighted by atomic mass is 35.5. The summed E-state index contributed by atoms with van der Waals surface area (Å²) in [7, 11) is 0. The van der Waals surface area contributed by atoms with Gasteiger partial charge < -0.3 is 20.8 Å². The van der Waals surface area contributed by atoms with Crippen LogP contribution in [0.1, 0.15) is 11.3 Å². The first-order valence-electron chi connectivity index (χ1n) is 9.26. The number of aromatic nitrogens is 3. The molecule has 0 saturated carbocycles. The molecule has 0 aliphatic rings. The third-order valence-electron chi connectivity index (χ3n) is 4.35. The molecular formula is C22H19ClFN5O. The molecular weight excluding hydrogens is 405 g/mol. The first-order valence-corrected chi connectivity index (χ1v) is 9.64. The van der Waals surface area contributed by atoms with Crippen molar-refractivity contribution in [2.75, 3.05) is 11.9 Å². The largest absolute Gasteiger partial charge is 0.487 e. The number of benzene rings is 2. The number of anilines is 2. The lowest BCUT2D eigenvalue weighted by Crippen LogP contribution is -1.98. The van der Waals surface area contributed by atoms with Gasteiger partial charge in [-0.15, -0.1) is 0 Å². The fraction of sp³-hybridized carbons (Fsp3) is 0.0909. The number of H-pyrrole nitrogens is 1. The Balaban J connectivity index is 1.51. The Labute approximate surface area is 177 Å². The Morgan fingerprint density at radius 2 is 2.07 bits per heavy atom. The van der Waals surface area contributed by atoms with Crippen LogP contribution in [-0.2, 0) is 6.61 Å². The highest BCUT2D eigenvalue weighted by Crippen LogP contribution is 2.31. The Hall–Kier alpha value is -3.42. The molecule has 4 aromatic rings. The van der Waals surface area contributed by atoms with E-state index in [0.717, 1.165) is 28.0 Å². The summed E-state index contributed by atoms with van der Waals surface area (Å²) in [6.45, 7) is 0.677. The molecule has 0 radical (unpaired) electrons. The topological polar surface area (TPSA) is 88.8 Å². The fourth-order valence-electron chi connectivity index (χ4n) is 2.96. The zero-order valence-corrected chi connectivity index (χ0v) is 16.7. The maximum absolute atomic E-state index is 13.3. The summed E-state index contributed by atoms with van der Waals surface area (Å²) in [5, 5.41) is 3.68. The molecule has 0 bridgehead atoms. The third kappa shape index (κ3) is 4.59. The molecule has 0 aliphatic heterocycles. The molecule has 0 atom stereocenters. The quantitative estimate of drug-likeness (QED) is 0.387. The van der Waals surface area contributed by atoms with Crippen molar-refractivity contribution in [2.45, 2.75) is 6.61 Å². The first kappa shape index (κ1) is 19.9. The molecule has 0 saturated heterocycles. The summed E-state index contributed by atoms with van der Waals surface area (Å²) in [4.78, 5) is 11.9. The standard InChI is InChI=1S/C22H19ClFN5O/c23-18-10-17(6-7-20(18)30-12-14-3-1-4-15(24)9-14)29-22-21-19(26-13-27-22)11-16(28-21)5-2-8-25/h1-7,9-11,13,28H,8,12,25H2,(H,26,27,29)/b5-2+. The van der Waals surface area contributed by atoms with Gasteiger partial charge >= 0.3 is 0 Å². The summed E-state index contributed by atoms with van der Waals surface area (Å²) in [5.74, 6) is 0.828. The van der Waals surface area contributed by atoms with E-state index in [1.54, 1.807) is 24.3 Å². The van der Waals surface area contributed by atoms with Crippen molar-refractivity contribution in [1.29, 1.82) is 0 Å². The molecule has 0 unspecified atom stereocenters. The molecule has 4 rings (SSSR count). The van der Waals surface area contributed by atoms with Gasteiger partial charge in [-0.1, -0.05) is 29.8 Å². The molecule has 2 aromatic heterocycles. The lowest BCUT2D eigenvalue weighted by atomic mass is 10.2. The molecule has 6 nitrogen and oxygen atoms in total. The van der Waals surface area contributed by atoms with Crippen LogP contribution >= 0.6 is 11.6 Å². The first-order chi connectivity index (χ1) is 14.6. The third-order valence-corrected chi connectivity index (χ3v) is 4.65. The van der Waals surface area contributed by atoms with Gasteiger partial charge in [0, 0.05) is 17.9 Å². The number of aromatic amines is 1. The van der Waals surface area contributed by atoms with E-state index in [1.807, 2.05) is 24.3 Å². The van der Waals surface area contributed by atoms with Crippen LogP contribution in [0.5, 0.6) is 5.75 Å². The van der Waals surface area contributed by atoms with Gasteiger partial charge in [0.05, 0.1) is 10.5 Å². The number of nitrogens with zero attached hydrogens (tertiary/aromatic N) is 2. The van der Waals surface area contributed by atoms with Crippen LogP contribution in [0.15, 0.2) is 60.9 Å². The molecule has 0 fully saturated rings. The van der Waals surface area contributed by atoms with Crippen LogP contribution in [0.3, 0.4) is 0 Å². The second kappa shape index (κ2) is 8.94. The summed E-state index contributed by atoms with van der Waals surface area (Å²) in [6.07, 6.45) is 5.24. The van der Waals surface area contributed by atoms with Crippen LogP contribution in [0.25, 0.3) is 17.1 Å². The van der Waals surface area contributed by atoms with E-state index in [4.69, 9.17) is 22.1 Å². The summed E-state index contributed by atoms with van der Waals surface area (Å²) >= 11 is 6.37. The second-order valence-electron chi connectivity index (χ2n) is 6.53. The number of fused-ring (bicyclic) bond motifs is 1. The minimum absolute atomic E-state index is 0.221. The van der Waals surface area contributed by atoms with Gasteiger partial charge in [0.2, 0.25) is 0 Å². The van der Waals surface area contributed by atoms with Crippen LogP contribution in [0.2, 0.25) is 5.02 Å². The van der Waals surface area contributed by atoms with E-state index < -0.39 is 0 Å². The average Bonchev–Trinajstić information content (AvgIpc) is 3.16. The molecule has 0 aliphatic carbocycles. The van der Waals surface area contributed by atoms with Crippen molar-refractivity contribution >= 4 is 40.2 Å². The predicted molar refractivity (Wildman–Crippen MR) is 117 cm³/mol. The minimum atomic E-state index is -0.302. The smallest absolute Gasteiger partial charge is 0.158 e. The van der Waals surface area contributed by atoms with Gasteiger partial charge in [0.15, 0.2) is 5.82 Å². The van der Waals surface area contributed by atoms with Crippen LogP contribution in [-0.4, -0.2) is 21.5 Å². The highest BCUT2D eigenvalue weighted by Gasteiger charge is 2.09. The van der Waals surface area contributed by atoms with Crippen molar-refractivity contribution < 1.29 is 9.13 Å². The van der Waals surface area contributed by atoms with E-state index in [9.17, 15) is 4.39 Å². The molecule has 2 aromatic carbocycles. The molecule has 0 spiro atoms. The van der Waals surface area contributed by atoms with Crippen molar-refractivity contribution in [2.24, 2.45) is 5.73 Å². The van der Waals surface area contributed by atoms with Crippen LogP contribution in [0, 0.1) is 5.82 Å². The van der Waals surface area contributed by atoms with Crippen molar-refractivity contribution in [3.8, 4) is 5.75 Å². The number of nitrogens with two attached hydrogens (primary N) is 1. The Morgan fingerprint density at radius 1 is 1.17 bits per heavy atom. The summed E-state index contributed by atoms with van der Waals surface area (Å²) in [6, 6.07) is 13.5. The lowest BCUT2D eigenvalue weighted by molar-refractivity contribution is 0.306. The summed E-state index contributed by atoms with van der Waals surface area (Å²) in [5.41, 5.74) is 9.42. The van der Waals surface area contributed by atoms with Gasteiger partial charge in [0.25, 0.3) is 0 Å². The van der Waals surface area contributed by atoms with E-state index in [1.165, 1.54) is 18.5 Å². The van der Waals surface area contributed by atoms with E-state index in [2.05, 4.69) is 20.3 Å². The van der Waals surface area contributed by atoms with E-state index in [0.29, 0.717) is 23.1 Å². The maximum atomic E-state index is 13.3. The second-order valence-corrected chi connectivity index (χ2v) is 6.94. The molecule has 4 N–H and O–H groups in total. The monoisotopic (exact) mass is 423 g/mol. The fourth-order valence-corrected chi connectivity index (χ4v) is 3.19. The average molecular weight is 424 g/mol. The Kier molecular flexibility index (Phi) is 5.92. The normalized spacial score (nSPS) is 11.3. The van der Waals surface area contributed by atoms with Gasteiger partial charge in [0.1, 0.15) is 30.0 Å².